The predicted octanol–water partition coefficient (Wildman–Crippen LogP) is 3.44. The number of hydrogen-bond acceptors (Lipinski definition) is 6. The molecule has 1 saturated heterocycles. The highest BCUT2D eigenvalue weighted by Crippen LogP contribution is 2.32. The molecule has 0 amide bonds. The lowest BCUT2D eigenvalue weighted by Crippen LogP contribution is -2.33. The van der Waals surface area contributed by atoms with Crippen LogP contribution < -0.4 is 0 Å². The van der Waals surface area contributed by atoms with Crippen molar-refractivity contribution in [1.29, 1.82) is 0 Å². The number of aromatic hydroxyl groups is 2. The summed E-state index contributed by atoms with van der Waals surface area (Å²) in [5.41, 5.74) is 1.64. The number of hydrogen-bond donors (Lipinski definition) is 2. The molecule has 0 radical (unpaired) electrons. The summed E-state index contributed by atoms with van der Waals surface area (Å²) in [5.74, 6) is -0.764. The molecule has 28 heavy (non-hydrogen) atoms. The number of pyridine rings is 1. The Kier molecular flexibility index (Phi) is 6.87. The summed E-state index contributed by atoms with van der Waals surface area (Å²) in [6.45, 7) is 4.78. The Balaban J connectivity index is 1.79. The van der Waals surface area contributed by atoms with Gasteiger partial charge in [0.15, 0.2) is 11.5 Å². The summed E-state index contributed by atoms with van der Waals surface area (Å²) in [6.07, 6.45) is 6.29. The molecule has 1 aromatic heterocycles. The number of benzene rings is 1. The van der Waals surface area contributed by atoms with Crippen molar-refractivity contribution in [2.24, 2.45) is 5.92 Å². The van der Waals surface area contributed by atoms with Crippen molar-refractivity contribution in [1.82, 2.24) is 9.88 Å². The third-order valence-electron chi connectivity index (χ3n) is 5.34. The Hall–Kier alpha value is -2.60. The number of phenols is 2. The zero-order valence-corrected chi connectivity index (χ0v) is 16.3. The SMILES string of the molecule is CCN1CCCCC(C(=O)OC(Cc2ccncc2)c2ccc(O)c(O)c2)C1. The Labute approximate surface area is 165 Å². The summed E-state index contributed by atoms with van der Waals surface area (Å²) in [5, 5.41) is 19.5. The molecule has 1 aliphatic rings. The van der Waals surface area contributed by atoms with E-state index >= 15 is 0 Å². The van der Waals surface area contributed by atoms with Crippen LogP contribution >= 0.6 is 0 Å². The van der Waals surface area contributed by atoms with Crippen molar-refractivity contribution in [2.75, 3.05) is 19.6 Å². The number of nitrogens with zero attached hydrogens (tertiary/aromatic N) is 2. The van der Waals surface area contributed by atoms with E-state index in [0.717, 1.165) is 44.5 Å². The van der Waals surface area contributed by atoms with Gasteiger partial charge in [-0.15, -0.1) is 0 Å². The number of phenolic OH excluding ortho intramolecular Hbond substituents is 2. The minimum atomic E-state index is -0.542. The van der Waals surface area contributed by atoms with Crippen LogP contribution in [0.5, 0.6) is 11.5 Å². The number of rotatable bonds is 6. The van der Waals surface area contributed by atoms with Crippen molar-refractivity contribution >= 4 is 5.97 Å². The van der Waals surface area contributed by atoms with Gasteiger partial charge in [0.05, 0.1) is 5.92 Å². The van der Waals surface area contributed by atoms with E-state index in [2.05, 4.69) is 16.8 Å². The molecule has 2 unspecified atom stereocenters. The van der Waals surface area contributed by atoms with Gasteiger partial charge in [-0.1, -0.05) is 19.4 Å². The average molecular weight is 384 g/mol. The maximum absolute atomic E-state index is 13.0. The van der Waals surface area contributed by atoms with Gasteiger partial charge in [-0.05, 0) is 61.3 Å². The first-order chi connectivity index (χ1) is 13.6. The fraction of sp³-hybridized carbons (Fsp3) is 0.455. The lowest BCUT2D eigenvalue weighted by atomic mass is 10.00. The highest BCUT2D eigenvalue weighted by Gasteiger charge is 2.28. The van der Waals surface area contributed by atoms with Crippen molar-refractivity contribution in [3.05, 3.63) is 53.9 Å². The van der Waals surface area contributed by atoms with Gasteiger partial charge in [0, 0.05) is 25.4 Å². The van der Waals surface area contributed by atoms with Gasteiger partial charge >= 0.3 is 5.97 Å². The molecule has 0 spiro atoms. The molecule has 2 N–H and O–H groups in total. The molecule has 6 nitrogen and oxygen atoms in total. The van der Waals surface area contributed by atoms with Crippen LogP contribution in [0, 0.1) is 5.92 Å². The maximum Gasteiger partial charge on any atom is 0.310 e. The number of ether oxygens (including phenoxy) is 1. The van der Waals surface area contributed by atoms with Crippen molar-refractivity contribution in [2.45, 2.75) is 38.7 Å². The Morgan fingerprint density at radius 1 is 1.21 bits per heavy atom. The first kappa shape index (κ1) is 20.1. The molecule has 1 fully saturated rings. The molecular weight excluding hydrogens is 356 g/mol. The number of esters is 1. The normalized spacial score (nSPS) is 19.0. The first-order valence-corrected chi connectivity index (χ1v) is 9.90. The van der Waals surface area contributed by atoms with Crippen LogP contribution in [-0.2, 0) is 16.0 Å². The largest absolute Gasteiger partial charge is 0.504 e. The van der Waals surface area contributed by atoms with Gasteiger partial charge in [-0.3, -0.25) is 9.78 Å². The molecule has 6 heteroatoms. The van der Waals surface area contributed by atoms with Crippen LogP contribution in [0.25, 0.3) is 0 Å². The quantitative estimate of drug-likeness (QED) is 0.586. The third-order valence-corrected chi connectivity index (χ3v) is 5.34. The van der Waals surface area contributed by atoms with Crippen LogP contribution in [0.4, 0.5) is 0 Å². The van der Waals surface area contributed by atoms with Gasteiger partial charge in [-0.2, -0.15) is 0 Å². The fourth-order valence-electron chi connectivity index (χ4n) is 3.64. The average Bonchev–Trinajstić information content (AvgIpc) is 2.96. The lowest BCUT2D eigenvalue weighted by Gasteiger charge is -2.25. The second kappa shape index (κ2) is 9.55. The molecule has 3 rings (SSSR count). The highest BCUT2D eigenvalue weighted by atomic mass is 16.5. The molecule has 1 aliphatic heterocycles. The summed E-state index contributed by atoms with van der Waals surface area (Å²) in [4.78, 5) is 19.3. The topological polar surface area (TPSA) is 82.9 Å². The summed E-state index contributed by atoms with van der Waals surface area (Å²) in [6, 6.07) is 8.32. The maximum atomic E-state index is 13.0. The molecule has 1 aromatic carbocycles. The summed E-state index contributed by atoms with van der Waals surface area (Å²) < 4.78 is 5.94. The van der Waals surface area contributed by atoms with E-state index in [9.17, 15) is 15.0 Å². The number of aromatic nitrogens is 1. The van der Waals surface area contributed by atoms with Gasteiger partial charge in [-0.25, -0.2) is 0 Å². The van der Waals surface area contributed by atoms with Crippen molar-refractivity contribution in [3.8, 4) is 11.5 Å². The van der Waals surface area contributed by atoms with Crippen LogP contribution in [0.3, 0.4) is 0 Å². The number of carbonyl (C=O) groups is 1. The van der Waals surface area contributed by atoms with Crippen molar-refractivity contribution in [3.63, 3.8) is 0 Å². The number of likely N-dealkylation sites (tertiary alicyclic amines) is 1. The molecule has 0 aliphatic carbocycles. The monoisotopic (exact) mass is 384 g/mol. The first-order valence-electron chi connectivity index (χ1n) is 9.90. The van der Waals surface area contributed by atoms with Crippen molar-refractivity contribution < 1.29 is 19.7 Å². The minimum absolute atomic E-state index is 0.145. The Bertz CT molecular complexity index is 781. The van der Waals surface area contributed by atoms with E-state index in [-0.39, 0.29) is 23.4 Å². The minimum Gasteiger partial charge on any atom is -0.504 e. The predicted molar refractivity (Wildman–Crippen MR) is 106 cm³/mol. The van der Waals surface area contributed by atoms with Gasteiger partial charge in [0.25, 0.3) is 0 Å². The van der Waals surface area contributed by atoms with Gasteiger partial charge < -0.3 is 19.8 Å². The Morgan fingerprint density at radius 3 is 2.71 bits per heavy atom. The van der Waals surface area contributed by atoms with E-state index in [1.165, 1.54) is 12.1 Å². The van der Waals surface area contributed by atoms with Gasteiger partial charge in [0.2, 0.25) is 0 Å². The highest BCUT2D eigenvalue weighted by molar-refractivity contribution is 5.73. The molecule has 0 saturated carbocycles. The standard InChI is InChI=1S/C22H28N2O4/c1-2-24-12-4-3-5-18(15-24)22(27)28-21(13-16-8-10-23-11-9-16)17-6-7-19(25)20(26)14-17/h6-11,14,18,21,25-26H,2-5,12-13,15H2,1H3. The lowest BCUT2D eigenvalue weighted by molar-refractivity contribution is -0.155. The van der Waals surface area contributed by atoms with Gasteiger partial charge in [0.1, 0.15) is 6.10 Å². The second-order valence-electron chi connectivity index (χ2n) is 7.32. The van der Waals surface area contributed by atoms with E-state index < -0.39 is 6.10 Å². The van der Waals surface area contributed by atoms with Crippen LogP contribution in [0.15, 0.2) is 42.7 Å². The molecule has 2 aromatic rings. The molecule has 2 atom stereocenters. The van der Waals surface area contributed by atoms with Crippen LogP contribution in [-0.4, -0.2) is 45.7 Å². The van der Waals surface area contributed by atoms with E-state index in [1.54, 1.807) is 18.5 Å². The molecule has 0 bridgehead atoms. The molecular formula is C22H28N2O4. The third kappa shape index (κ3) is 5.23. The smallest absolute Gasteiger partial charge is 0.310 e. The molecule has 150 valence electrons. The fourth-order valence-corrected chi connectivity index (χ4v) is 3.64. The van der Waals surface area contributed by atoms with Crippen LogP contribution in [0.2, 0.25) is 0 Å². The summed E-state index contributed by atoms with van der Waals surface area (Å²) >= 11 is 0. The zero-order chi connectivity index (χ0) is 19.9. The van der Waals surface area contributed by atoms with E-state index in [4.69, 9.17) is 4.74 Å². The summed E-state index contributed by atoms with van der Waals surface area (Å²) in [7, 11) is 0. The Morgan fingerprint density at radius 2 is 2.00 bits per heavy atom. The number of carbonyl (C=O) groups excluding carboxylic acids is 1. The van der Waals surface area contributed by atoms with E-state index in [0.29, 0.717) is 12.0 Å². The molecule has 2 heterocycles. The van der Waals surface area contributed by atoms with E-state index in [1.807, 2.05) is 12.1 Å². The van der Waals surface area contributed by atoms with Crippen LogP contribution in [0.1, 0.15) is 43.4 Å². The zero-order valence-electron chi connectivity index (χ0n) is 16.3. The second-order valence-corrected chi connectivity index (χ2v) is 7.32.